The predicted molar refractivity (Wildman–Crippen MR) is 76.8 cm³/mol. The maximum atomic E-state index is 11.9. The molecule has 0 aromatic rings. The van der Waals surface area contributed by atoms with Gasteiger partial charge >= 0.3 is 6.09 Å². The number of ether oxygens (including phenoxy) is 1. The Kier molecular flexibility index (Phi) is 5.72. The van der Waals surface area contributed by atoms with Crippen LogP contribution in [-0.2, 0) is 9.53 Å². The van der Waals surface area contributed by atoms with Gasteiger partial charge in [0.25, 0.3) is 0 Å². The lowest BCUT2D eigenvalue weighted by Gasteiger charge is -2.32. The first-order chi connectivity index (χ1) is 10.1. The fourth-order valence-electron chi connectivity index (χ4n) is 2.50. The molecule has 7 nitrogen and oxygen atoms in total. The van der Waals surface area contributed by atoms with E-state index in [1.54, 1.807) is 6.92 Å². The number of nitrogens with one attached hydrogen (secondary N) is 1. The Morgan fingerprint density at radius 2 is 2.33 bits per heavy atom. The number of piperidine rings is 1. The van der Waals surface area contributed by atoms with Crippen LogP contribution in [0.1, 0.15) is 13.3 Å². The second-order valence-electron chi connectivity index (χ2n) is 5.24. The molecule has 2 N–H and O–H groups in total. The number of piperazine rings is 1. The Balaban J connectivity index is 1.84. The number of aliphatic hydroxyl groups is 1. The van der Waals surface area contributed by atoms with Gasteiger partial charge in [0, 0.05) is 26.2 Å². The lowest BCUT2D eigenvalue weighted by Crippen LogP contribution is -2.52. The number of amides is 2. The summed E-state index contributed by atoms with van der Waals surface area (Å²) >= 11 is 0. The Bertz CT molecular complexity index is 424. The minimum atomic E-state index is -0.563. The highest BCUT2D eigenvalue weighted by molar-refractivity contribution is 5.93. The van der Waals surface area contributed by atoms with Gasteiger partial charge in [-0.15, -0.1) is 0 Å². The van der Waals surface area contributed by atoms with Crippen LogP contribution < -0.4 is 5.32 Å². The van der Waals surface area contributed by atoms with Gasteiger partial charge in [-0.1, -0.05) is 6.08 Å². The van der Waals surface area contributed by atoms with E-state index in [-0.39, 0.29) is 25.2 Å². The van der Waals surface area contributed by atoms with Gasteiger partial charge in [0.05, 0.1) is 19.3 Å². The molecule has 2 amide bonds. The summed E-state index contributed by atoms with van der Waals surface area (Å²) in [6.07, 6.45) is 1.75. The van der Waals surface area contributed by atoms with Crippen molar-refractivity contribution in [3.63, 3.8) is 0 Å². The first-order valence-electron chi connectivity index (χ1n) is 7.39. The quantitative estimate of drug-likeness (QED) is 0.688. The second-order valence-corrected chi connectivity index (χ2v) is 5.24. The van der Waals surface area contributed by atoms with Gasteiger partial charge in [0.2, 0.25) is 5.91 Å². The molecule has 0 saturated carbocycles. The van der Waals surface area contributed by atoms with Crippen LogP contribution in [0.2, 0.25) is 0 Å². The van der Waals surface area contributed by atoms with Crippen molar-refractivity contribution in [2.75, 3.05) is 45.9 Å². The van der Waals surface area contributed by atoms with Gasteiger partial charge in [-0.25, -0.2) is 9.69 Å². The Hall–Kier alpha value is -1.44. The fraction of sp³-hybridized carbons (Fsp3) is 0.714. The van der Waals surface area contributed by atoms with Gasteiger partial charge in [-0.2, -0.15) is 0 Å². The van der Waals surface area contributed by atoms with Crippen molar-refractivity contribution in [1.82, 2.24) is 15.1 Å². The van der Waals surface area contributed by atoms with E-state index < -0.39 is 6.09 Å². The average molecular weight is 297 g/mol. The summed E-state index contributed by atoms with van der Waals surface area (Å²) < 4.78 is 4.85. The predicted octanol–water partition coefficient (Wildman–Crippen LogP) is -0.432. The summed E-state index contributed by atoms with van der Waals surface area (Å²) in [5, 5.41) is 13.1. The molecule has 2 rings (SSSR count). The van der Waals surface area contributed by atoms with E-state index in [0.717, 1.165) is 23.4 Å². The maximum absolute atomic E-state index is 11.9. The van der Waals surface area contributed by atoms with Crippen molar-refractivity contribution in [1.29, 1.82) is 0 Å². The fourth-order valence-corrected chi connectivity index (χ4v) is 2.50. The zero-order chi connectivity index (χ0) is 15.2. The molecule has 0 aromatic carbocycles. The molecule has 0 aromatic heterocycles. The highest BCUT2D eigenvalue weighted by Crippen LogP contribution is 2.11. The molecule has 0 aliphatic carbocycles. The summed E-state index contributed by atoms with van der Waals surface area (Å²) in [7, 11) is 0. The van der Waals surface area contributed by atoms with Crippen LogP contribution in [0.4, 0.5) is 4.79 Å². The smallest absolute Gasteiger partial charge is 0.416 e. The number of rotatable bonds is 3. The van der Waals surface area contributed by atoms with Gasteiger partial charge in [0.1, 0.15) is 0 Å². The van der Waals surface area contributed by atoms with Crippen molar-refractivity contribution in [2.45, 2.75) is 19.4 Å². The first-order valence-corrected chi connectivity index (χ1v) is 7.39. The molecule has 0 bridgehead atoms. The van der Waals surface area contributed by atoms with Crippen molar-refractivity contribution < 1.29 is 19.4 Å². The summed E-state index contributed by atoms with van der Waals surface area (Å²) in [4.78, 5) is 26.6. The first kappa shape index (κ1) is 15.9. The maximum Gasteiger partial charge on any atom is 0.416 e. The number of aliphatic hydroxyl groups excluding tert-OH is 1. The van der Waals surface area contributed by atoms with Crippen LogP contribution in [-0.4, -0.2) is 78.9 Å². The number of hydrogen-bond donors (Lipinski definition) is 2. The minimum absolute atomic E-state index is 0.201. The Morgan fingerprint density at radius 1 is 1.52 bits per heavy atom. The van der Waals surface area contributed by atoms with E-state index in [1.807, 2.05) is 11.0 Å². The number of carbonyl (C=O) groups is 2. The van der Waals surface area contributed by atoms with E-state index in [9.17, 15) is 14.7 Å². The summed E-state index contributed by atoms with van der Waals surface area (Å²) in [5.74, 6) is -0.236. The molecule has 0 radical (unpaired) electrons. The molecule has 21 heavy (non-hydrogen) atoms. The molecule has 1 atom stereocenters. The molecule has 7 heteroatoms. The molecular weight excluding hydrogens is 274 g/mol. The van der Waals surface area contributed by atoms with Crippen molar-refractivity contribution in [3.8, 4) is 0 Å². The third-order valence-electron chi connectivity index (χ3n) is 3.75. The van der Waals surface area contributed by atoms with E-state index in [4.69, 9.17) is 4.74 Å². The van der Waals surface area contributed by atoms with Crippen molar-refractivity contribution >= 4 is 12.0 Å². The van der Waals surface area contributed by atoms with Crippen LogP contribution in [0.3, 0.4) is 0 Å². The van der Waals surface area contributed by atoms with E-state index in [2.05, 4.69) is 5.32 Å². The zero-order valence-corrected chi connectivity index (χ0v) is 12.4. The molecule has 2 fully saturated rings. The highest BCUT2D eigenvalue weighted by Gasteiger charge is 2.29. The topological polar surface area (TPSA) is 82.1 Å². The van der Waals surface area contributed by atoms with Crippen LogP contribution in [0.5, 0.6) is 0 Å². The summed E-state index contributed by atoms with van der Waals surface area (Å²) in [6.45, 7) is 5.28. The van der Waals surface area contributed by atoms with Crippen LogP contribution in [0.25, 0.3) is 0 Å². The minimum Gasteiger partial charge on any atom is -0.449 e. The Morgan fingerprint density at radius 3 is 3.00 bits per heavy atom. The highest BCUT2D eigenvalue weighted by atomic mass is 16.6. The Labute approximate surface area is 124 Å². The van der Waals surface area contributed by atoms with Gasteiger partial charge < -0.3 is 15.2 Å². The normalized spacial score (nSPS) is 26.2. The molecular formula is C14H23N3O4. The van der Waals surface area contributed by atoms with Gasteiger partial charge in [-0.05, 0) is 25.5 Å². The molecule has 0 spiro atoms. The number of imide groups is 1. The van der Waals surface area contributed by atoms with Crippen molar-refractivity contribution in [2.24, 2.45) is 0 Å². The third kappa shape index (κ3) is 4.26. The molecule has 2 aliphatic heterocycles. The van der Waals surface area contributed by atoms with Crippen LogP contribution in [0.15, 0.2) is 11.6 Å². The SMILES string of the molecule is CCOC(=O)N1CCN(CC=C2CNCCC2O)CC1=O. The van der Waals surface area contributed by atoms with Crippen LogP contribution >= 0.6 is 0 Å². The third-order valence-corrected chi connectivity index (χ3v) is 3.75. The monoisotopic (exact) mass is 297 g/mol. The molecule has 2 heterocycles. The van der Waals surface area contributed by atoms with E-state index in [0.29, 0.717) is 26.2 Å². The number of carbonyl (C=O) groups excluding carboxylic acids is 2. The van der Waals surface area contributed by atoms with Crippen LogP contribution in [0, 0.1) is 0 Å². The number of nitrogens with zero attached hydrogens (tertiary/aromatic N) is 2. The average Bonchev–Trinajstić information content (AvgIpc) is 2.46. The lowest BCUT2D eigenvalue weighted by atomic mass is 10.0. The van der Waals surface area contributed by atoms with Gasteiger partial charge in [-0.3, -0.25) is 9.69 Å². The second kappa shape index (κ2) is 7.53. The van der Waals surface area contributed by atoms with E-state index >= 15 is 0 Å². The molecule has 1 unspecified atom stereocenters. The molecule has 118 valence electrons. The number of hydrogen-bond acceptors (Lipinski definition) is 6. The summed E-state index contributed by atoms with van der Waals surface area (Å²) in [5.41, 5.74) is 0.974. The lowest BCUT2D eigenvalue weighted by molar-refractivity contribution is -0.133. The van der Waals surface area contributed by atoms with Gasteiger partial charge in [0.15, 0.2) is 0 Å². The molecule has 2 aliphatic rings. The zero-order valence-electron chi connectivity index (χ0n) is 12.4. The van der Waals surface area contributed by atoms with E-state index in [1.165, 1.54) is 0 Å². The summed E-state index contributed by atoms with van der Waals surface area (Å²) in [6, 6.07) is 0. The standard InChI is InChI=1S/C14H23N3O4/c1-2-21-14(20)17-8-7-16(10-13(17)19)6-4-11-9-15-5-3-12(11)18/h4,12,15,18H,2-3,5-10H2,1H3. The van der Waals surface area contributed by atoms with Crippen molar-refractivity contribution in [3.05, 3.63) is 11.6 Å². The molecule has 2 saturated heterocycles. The largest absolute Gasteiger partial charge is 0.449 e.